The number of carbonyl (C=O) groups excluding carboxylic acids is 3. The summed E-state index contributed by atoms with van der Waals surface area (Å²) in [7, 11) is 3.36. The minimum Gasteiger partial charge on any atom is -0.496 e. The normalized spacial score (nSPS) is 23.1. The molecule has 2 aromatic rings. The number of ether oxygens (including phenoxy) is 3. The monoisotopic (exact) mass is 638 g/mol. The number of aromatic nitrogens is 1. The lowest BCUT2D eigenvalue weighted by Crippen LogP contribution is -2.38. The number of aromatic amines is 1. The van der Waals surface area contributed by atoms with E-state index in [4.69, 9.17) is 14.2 Å². The fourth-order valence-corrected chi connectivity index (χ4v) is 6.41. The van der Waals surface area contributed by atoms with Crippen molar-refractivity contribution in [2.24, 2.45) is 23.2 Å². The number of fused-ring (bicyclic) bond motifs is 1. The number of unbranched alkanes of at least 4 members (excludes halogenated alkanes) is 2. The van der Waals surface area contributed by atoms with Gasteiger partial charge in [-0.2, -0.15) is 0 Å². The van der Waals surface area contributed by atoms with E-state index in [1.165, 1.54) is 6.07 Å². The smallest absolute Gasteiger partial charge is 0.313 e. The van der Waals surface area contributed by atoms with Gasteiger partial charge in [-0.05, 0) is 77.3 Å². The zero-order valence-electron chi connectivity index (χ0n) is 27.9. The number of pyridine rings is 1. The number of amides is 1. The van der Waals surface area contributed by atoms with Crippen LogP contribution in [0.3, 0.4) is 0 Å². The first-order valence-electron chi connectivity index (χ1n) is 16.2. The van der Waals surface area contributed by atoms with Crippen LogP contribution in [0.4, 0.5) is 0 Å². The Kier molecular flexibility index (Phi) is 13.2. The summed E-state index contributed by atoms with van der Waals surface area (Å²) in [5.74, 6) is -0.495. The number of allylic oxidation sites excluding steroid dienone is 2. The topological polar surface area (TPSA) is 135 Å². The lowest BCUT2D eigenvalue weighted by molar-refractivity contribution is -0.152. The lowest BCUT2D eigenvalue weighted by atomic mass is 9.84. The van der Waals surface area contributed by atoms with Crippen molar-refractivity contribution in [3.05, 3.63) is 59.3 Å². The fraction of sp³-hybridized carbons (Fsp3) is 0.556. The third-order valence-corrected chi connectivity index (χ3v) is 9.10. The molecule has 46 heavy (non-hydrogen) atoms. The van der Waals surface area contributed by atoms with E-state index >= 15 is 0 Å². The van der Waals surface area contributed by atoms with E-state index in [1.54, 1.807) is 44.2 Å². The summed E-state index contributed by atoms with van der Waals surface area (Å²) < 4.78 is 15.7. The lowest BCUT2D eigenvalue weighted by Gasteiger charge is -2.25. The number of ketones is 1. The quantitative estimate of drug-likeness (QED) is 0.155. The summed E-state index contributed by atoms with van der Waals surface area (Å²) in [6.07, 6.45) is 6.80. The van der Waals surface area contributed by atoms with Crippen molar-refractivity contribution in [3.8, 4) is 11.6 Å². The molecule has 2 aliphatic carbocycles. The second kappa shape index (κ2) is 16.6. The molecule has 10 nitrogen and oxygen atoms in total. The van der Waals surface area contributed by atoms with Crippen LogP contribution in [0.25, 0.3) is 10.9 Å². The Morgan fingerprint density at radius 3 is 2.46 bits per heavy atom. The van der Waals surface area contributed by atoms with Gasteiger partial charge in [0.25, 0.3) is 0 Å². The standard InChI is InChI=1S/C23H35NO5.C13H15NO3/c1-5-8-9-10-11-24(4)21(27)19-13-17(25)12-18(19)20(26)15-23(14-16(23)6-2)22(28)29-7-3;1-4-17-12-7-10(15)9-5-6-11(16-3)8(2)13(9)14-12/h5-6,16-19,25H,1-2,7-15H2,3-4H3;5-7H,4H2,1-3H3,(H,14,15)/t16-,17+,18-,19-,23-;/m1./s1. The molecule has 0 spiro atoms. The third kappa shape index (κ3) is 8.46. The number of aliphatic hydroxyl groups is 1. The van der Waals surface area contributed by atoms with Gasteiger partial charge >= 0.3 is 5.97 Å². The van der Waals surface area contributed by atoms with E-state index in [-0.39, 0.29) is 48.5 Å². The number of esters is 1. The summed E-state index contributed by atoms with van der Waals surface area (Å²) in [5.41, 5.74) is 0.781. The molecule has 1 aromatic heterocycles. The highest BCUT2D eigenvalue weighted by atomic mass is 16.5. The Morgan fingerprint density at radius 1 is 1.13 bits per heavy atom. The maximum atomic E-state index is 13.1. The van der Waals surface area contributed by atoms with Crippen LogP contribution >= 0.6 is 0 Å². The maximum Gasteiger partial charge on any atom is 0.313 e. The molecular formula is C36H50N2O8. The van der Waals surface area contributed by atoms with Gasteiger partial charge in [-0.25, -0.2) is 0 Å². The van der Waals surface area contributed by atoms with E-state index in [1.807, 2.05) is 19.9 Å². The zero-order chi connectivity index (χ0) is 34.0. The van der Waals surface area contributed by atoms with E-state index in [2.05, 4.69) is 18.1 Å². The molecule has 1 aromatic carbocycles. The van der Waals surface area contributed by atoms with Gasteiger partial charge in [0.2, 0.25) is 5.91 Å². The average Bonchev–Trinajstić information content (AvgIpc) is 3.61. The number of rotatable bonds is 15. The maximum absolute atomic E-state index is 13.1. The first-order valence-corrected chi connectivity index (χ1v) is 16.2. The summed E-state index contributed by atoms with van der Waals surface area (Å²) in [6.45, 7) is 14.4. The van der Waals surface area contributed by atoms with E-state index in [0.29, 0.717) is 37.3 Å². The highest BCUT2D eigenvalue weighted by Crippen LogP contribution is 2.58. The fourth-order valence-electron chi connectivity index (χ4n) is 6.41. The molecule has 2 N–H and O–H groups in total. The van der Waals surface area contributed by atoms with Gasteiger partial charge in [0.15, 0.2) is 11.3 Å². The molecule has 0 radical (unpaired) electrons. The Morgan fingerprint density at radius 2 is 1.85 bits per heavy atom. The summed E-state index contributed by atoms with van der Waals surface area (Å²) in [6, 6.07) is 5.03. The Bertz CT molecular complexity index is 1470. The van der Waals surface area contributed by atoms with Crippen molar-refractivity contribution in [3.63, 3.8) is 0 Å². The van der Waals surface area contributed by atoms with Gasteiger partial charge in [-0.3, -0.25) is 19.2 Å². The summed E-state index contributed by atoms with van der Waals surface area (Å²) in [4.78, 5) is 55.2. The predicted molar refractivity (Wildman–Crippen MR) is 178 cm³/mol. The van der Waals surface area contributed by atoms with Crippen LogP contribution in [0.5, 0.6) is 11.6 Å². The number of hydrogen-bond acceptors (Lipinski definition) is 8. The molecule has 2 saturated carbocycles. The van der Waals surface area contributed by atoms with Crippen molar-refractivity contribution in [1.29, 1.82) is 0 Å². The number of carbonyl (C=O) groups is 3. The van der Waals surface area contributed by atoms with Crippen molar-refractivity contribution in [2.45, 2.75) is 71.8 Å². The molecule has 4 rings (SSSR count). The minimum atomic E-state index is -0.841. The van der Waals surface area contributed by atoms with Gasteiger partial charge < -0.3 is 29.2 Å². The first-order chi connectivity index (χ1) is 22.0. The largest absolute Gasteiger partial charge is 0.496 e. The van der Waals surface area contributed by atoms with Crippen LogP contribution in [0.2, 0.25) is 0 Å². The number of nitrogens with one attached hydrogen (secondary N) is 1. The van der Waals surface area contributed by atoms with Crippen molar-refractivity contribution < 1.29 is 33.7 Å². The minimum absolute atomic E-state index is 0.0482. The van der Waals surface area contributed by atoms with Crippen molar-refractivity contribution in [2.75, 3.05) is 33.9 Å². The molecule has 1 heterocycles. The van der Waals surface area contributed by atoms with Crippen molar-refractivity contribution >= 4 is 28.6 Å². The molecule has 2 aliphatic rings. The number of hydrogen-bond donors (Lipinski definition) is 2. The first kappa shape index (κ1) is 36.5. The predicted octanol–water partition coefficient (Wildman–Crippen LogP) is 5.15. The highest BCUT2D eigenvalue weighted by Gasteiger charge is 2.61. The number of methoxy groups -OCH3 is 1. The van der Waals surface area contributed by atoms with Crippen LogP contribution in [0.15, 0.2) is 48.3 Å². The molecule has 252 valence electrons. The molecule has 0 unspecified atom stereocenters. The number of nitrogens with zero attached hydrogens (tertiary/aromatic N) is 1. The van der Waals surface area contributed by atoms with E-state index in [9.17, 15) is 24.3 Å². The van der Waals surface area contributed by atoms with Crippen LogP contribution in [0, 0.1) is 30.1 Å². The number of benzene rings is 1. The molecule has 1 amide bonds. The second-order valence-corrected chi connectivity index (χ2v) is 12.2. The molecule has 0 saturated heterocycles. The highest BCUT2D eigenvalue weighted by molar-refractivity contribution is 5.94. The number of H-pyrrole nitrogens is 1. The van der Waals surface area contributed by atoms with Gasteiger partial charge in [-0.15, -0.1) is 13.2 Å². The van der Waals surface area contributed by atoms with E-state index in [0.717, 1.165) is 36.1 Å². The SMILES string of the molecule is C=CCCCCN(C)C(=O)[C@@H]1C[C@@H](O)C[C@H]1C(=O)C[C@]1(C(=O)OCC)C[C@H]1C=C.CCOc1cc(=O)c2ccc(OC)c(C)c2[nH]1. The number of aliphatic hydroxyl groups excluding tert-OH is 1. The average molecular weight is 639 g/mol. The van der Waals surface area contributed by atoms with Crippen LogP contribution < -0.4 is 14.9 Å². The molecule has 10 heteroatoms. The van der Waals surface area contributed by atoms with Crippen molar-refractivity contribution in [1.82, 2.24) is 9.88 Å². The van der Waals surface area contributed by atoms with E-state index < -0.39 is 23.4 Å². The van der Waals surface area contributed by atoms with Gasteiger partial charge in [0, 0.05) is 42.9 Å². The van der Waals surface area contributed by atoms with Crippen LogP contribution in [-0.4, -0.2) is 72.7 Å². The van der Waals surface area contributed by atoms with Gasteiger partial charge in [0.05, 0.1) is 43.3 Å². The number of Topliss-reactive ketones (excluding diaryl/α,β-unsaturated/α-hetero) is 1. The molecule has 0 aliphatic heterocycles. The molecule has 0 bridgehead atoms. The molecular weight excluding hydrogens is 588 g/mol. The second-order valence-electron chi connectivity index (χ2n) is 12.2. The zero-order valence-corrected chi connectivity index (χ0v) is 27.9. The van der Waals surface area contributed by atoms with Crippen LogP contribution in [0.1, 0.15) is 64.4 Å². The Labute approximate surface area is 271 Å². The molecule has 5 atom stereocenters. The number of aryl methyl sites for hydroxylation is 1. The third-order valence-electron chi connectivity index (χ3n) is 9.10. The van der Waals surface area contributed by atoms with Gasteiger partial charge in [0.1, 0.15) is 11.5 Å². The Hall–Kier alpha value is -3.92. The summed E-state index contributed by atoms with van der Waals surface area (Å²) in [5, 5.41) is 10.8. The van der Waals surface area contributed by atoms with Crippen LogP contribution in [-0.2, 0) is 19.1 Å². The summed E-state index contributed by atoms with van der Waals surface area (Å²) >= 11 is 0. The molecule has 2 fully saturated rings. The Balaban J connectivity index is 0.000000286. The van der Waals surface area contributed by atoms with Gasteiger partial charge in [-0.1, -0.05) is 12.2 Å².